The van der Waals surface area contributed by atoms with Gasteiger partial charge in [-0.3, -0.25) is 14.6 Å². The van der Waals surface area contributed by atoms with Crippen LogP contribution in [-0.4, -0.2) is 72.1 Å². The largest absolute Gasteiger partial charge is 0.378 e. The maximum atomic E-state index is 14.1. The van der Waals surface area contributed by atoms with Crippen molar-refractivity contribution < 1.29 is 18.7 Å². The van der Waals surface area contributed by atoms with Crippen LogP contribution in [0.4, 0.5) is 15.9 Å². The lowest BCUT2D eigenvalue weighted by Gasteiger charge is -2.39. The molecule has 2 aromatic heterocycles. The van der Waals surface area contributed by atoms with Crippen molar-refractivity contribution in [3.8, 4) is 0 Å². The molecule has 1 aromatic carbocycles. The summed E-state index contributed by atoms with van der Waals surface area (Å²) in [6.45, 7) is 3.66. The highest BCUT2D eigenvalue weighted by Gasteiger charge is 2.31. The lowest BCUT2D eigenvalue weighted by Crippen LogP contribution is -2.48. The second-order valence-corrected chi connectivity index (χ2v) is 8.92. The number of morpholine rings is 1. The Hall–Kier alpha value is -3.85. The quantitative estimate of drug-likeness (QED) is 0.547. The molecule has 0 atom stereocenters. The van der Waals surface area contributed by atoms with E-state index in [1.807, 2.05) is 12.1 Å². The van der Waals surface area contributed by atoms with Gasteiger partial charge in [0.05, 0.1) is 24.3 Å². The lowest BCUT2D eigenvalue weighted by molar-refractivity contribution is 0.0302. The summed E-state index contributed by atoms with van der Waals surface area (Å²) >= 11 is 0. The van der Waals surface area contributed by atoms with Crippen LogP contribution in [0.3, 0.4) is 0 Å². The summed E-state index contributed by atoms with van der Waals surface area (Å²) in [7, 11) is 0. The maximum Gasteiger partial charge on any atom is 0.260 e. The summed E-state index contributed by atoms with van der Waals surface area (Å²) in [5, 5.41) is 0. The SMILES string of the molecule is O=C(c1ccc(N2CCC(N(C(=O)c3cccnc3)c3cccc(F)c3)CC2)nc1)N1CCOCC1. The van der Waals surface area contributed by atoms with Gasteiger partial charge in [0.2, 0.25) is 0 Å². The van der Waals surface area contributed by atoms with E-state index >= 15 is 0 Å². The number of benzene rings is 1. The molecule has 5 rings (SSSR count). The first-order chi connectivity index (χ1) is 17.6. The molecule has 36 heavy (non-hydrogen) atoms. The highest BCUT2D eigenvalue weighted by molar-refractivity contribution is 6.06. The fourth-order valence-corrected chi connectivity index (χ4v) is 4.75. The molecule has 2 amide bonds. The van der Waals surface area contributed by atoms with Crippen molar-refractivity contribution in [1.29, 1.82) is 0 Å². The number of hydrogen-bond donors (Lipinski definition) is 0. The minimum atomic E-state index is -0.384. The van der Waals surface area contributed by atoms with Crippen LogP contribution in [0.5, 0.6) is 0 Å². The Morgan fingerprint density at radius 2 is 1.75 bits per heavy atom. The van der Waals surface area contributed by atoms with Crippen LogP contribution in [-0.2, 0) is 4.74 Å². The van der Waals surface area contributed by atoms with Crippen LogP contribution in [0, 0.1) is 5.82 Å². The number of halogens is 1. The zero-order valence-electron chi connectivity index (χ0n) is 19.9. The minimum absolute atomic E-state index is 0.0318. The predicted molar refractivity (Wildman–Crippen MR) is 134 cm³/mol. The molecular formula is C27H28FN5O3. The number of hydrogen-bond acceptors (Lipinski definition) is 6. The van der Waals surface area contributed by atoms with E-state index in [-0.39, 0.29) is 23.7 Å². The van der Waals surface area contributed by atoms with E-state index in [0.717, 1.165) is 5.82 Å². The Morgan fingerprint density at radius 3 is 2.42 bits per heavy atom. The number of piperidine rings is 1. The number of aromatic nitrogens is 2. The number of rotatable bonds is 5. The van der Waals surface area contributed by atoms with Gasteiger partial charge in [0.15, 0.2) is 0 Å². The molecular weight excluding hydrogens is 461 g/mol. The van der Waals surface area contributed by atoms with Gasteiger partial charge < -0.3 is 19.4 Å². The second kappa shape index (κ2) is 10.8. The number of carbonyl (C=O) groups is 2. The van der Waals surface area contributed by atoms with Crippen molar-refractivity contribution in [2.75, 3.05) is 49.2 Å². The third kappa shape index (κ3) is 5.21. The Balaban J connectivity index is 1.28. The lowest BCUT2D eigenvalue weighted by atomic mass is 10.0. The summed E-state index contributed by atoms with van der Waals surface area (Å²) in [5.41, 5.74) is 1.56. The van der Waals surface area contributed by atoms with E-state index < -0.39 is 0 Å². The number of carbonyl (C=O) groups excluding carboxylic acids is 2. The van der Waals surface area contributed by atoms with Crippen LogP contribution < -0.4 is 9.80 Å². The number of amides is 2. The van der Waals surface area contributed by atoms with Crippen LogP contribution in [0.2, 0.25) is 0 Å². The van der Waals surface area contributed by atoms with Crippen LogP contribution in [0.15, 0.2) is 67.1 Å². The number of ether oxygens (including phenoxy) is 1. The van der Waals surface area contributed by atoms with Gasteiger partial charge in [0.1, 0.15) is 11.6 Å². The molecule has 2 aliphatic rings. The Labute approximate surface area is 209 Å². The van der Waals surface area contributed by atoms with E-state index in [1.54, 1.807) is 46.5 Å². The zero-order valence-corrected chi connectivity index (χ0v) is 19.9. The first-order valence-electron chi connectivity index (χ1n) is 12.2. The number of nitrogens with zero attached hydrogens (tertiary/aromatic N) is 5. The molecule has 0 aliphatic carbocycles. The molecule has 0 unspecified atom stereocenters. The second-order valence-electron chi connectivity index (χ2n) is 8.92. The zero-order chi connectivity index (χ0) is 24.9. The summed E-state index contributed by atoms with van der Waals surface area (Å²) in [5.74, 6) is 0.180. The van der Waals surface area contributed by atoms with Gasteiger partial charge in [-0.1, -0.05) is 6.07 Å². The van der Waals surface area contributed by atoms with E-state index in [4.69, 9.17) is 4.74 Å². The van der Waals surface area contributed by atoms with E-state index in [9.17, 15) is 14.0 Å². The molecule has 3 aromatic rings. The van der Waals surface area contributed by atoms with Gasteiger partial charge in [-0.05, 0) is 55.3 Å². The normalized spacial score (nSPS) is 16.6. The van der Waals surface area contributed by atoms with Crippen LogP contribution in [0.25, 0.3) is 0 Å². The molecule has 0 saturated carbocycles. The summed E-state index contributed by atoms with van der Waals surface area (Å²) in [6.07, 6.45) is 6.17. The fourth-order valence-electron chi connectivity index (χ4n) is 4.75. The number of anilines is 2. The standard InChI is InChI=1S/C27H28FN5O3/c28-22-4-1-5-24(17-22)33(27(35)20-3-2-10-29-18-20)23-8-11-31(12-9-23)25-7-6-21(19-30-25)26(34)32-13-15-36-16-14-32/h1-7,10,17-19,23H,8-9,11-16H2. The maximum absolute atomic E-state index is 14.1. The molecule has 0 N–H and O–H groups in total. The van der Waals surface area contributed by atoms with Crippen molar-refractivity contribution in [3.05, 3.63) is 84.1 Å². The van der Waals surface area contributed by atoms with Gasteiger partial charge in [-0.2, -0.15) is 0 Å². The molecule has 186 valence electrons. The van der Waals surface area contributed by atoms with Gasteiger partial charge >= 0.3 is 0 Å². The van der Waals surface area contributed by atoms with E-state index in [2.05, 4.69) is 14.9 Å². The predicted octanol–water partition coefficient (Wildman–Crippen LogP) is 3.40. The molecule has 2 saturated heterocycles. The van der Waals surface area contributed by atoms with Crippen LogP contribution >= 0.6 is 0 Å². The highest BCUT2D eigenvalue weighted by atomic mass is 19.1. The smallest absolute Gasteiger partial charge is 0.260 e. The average Bonchev–Trinajstić information content (AvgIpc) is 2.94. The Bertz CT molecular complexity index is 1190. The Morgan fingerprint density at radius 1 is 0.944 bits per heavy atom. The first-order valence-corrected chi connectivity index (χ1v) is 12.2. The molecule has 2 aliphatic heterocycles. The fraction of sp³-hybridized carbons (Fsp3) is 0.333. The highest BCUT2D eigenvalue weighted by Crippen LogP contribution is 2.28. The van der Waals surface area contributed by atoms with Crippen molar-refractivity contribution >= 4 is 23.3 Å². The topological polar surface area (TPSA) is 78.9 Å². The van der Waals surface area contributed by atoms with E-state index in [1.165, 1.54) is 18.3 Å². The monoisotopic (exact) mass is 489 g/mol. The third-order valence-corrected chi connectivity index (χ3v) is 6.66. The average molecular weight is 490 g/mol. The minimum Gasteiger partial charge on any atom is -0.378 e. The summed E-state index contributed by atoms with van der Waals surface area (Å²) in [6, 6.07) is 13.2. The van der Waals surface area contributed by atoms with Crippen molar-refractivity contribution in [1.82, 2.24) is 14.9 Å². The van der Waals surface area contributed by atoms with Crippen LogP contribution in [0.1, 0.15) is 33.6 Å². The molecule has 9 heteroatoms. The third-order valence-electron chi connectivity index (χ3n) is 6.66. The molecule has 2 fully saturated rings. The number of pyridine rings is 2. The molecule has 0 radical (unpaired) electrons. The van der Waals surface area contributed by atoms with Crippen molar-refractivity contribution in [2.45, 2.75) is 18.9 Å². The summed E-state index contributed by atoms with van der Waals surface area (Å²) in [4.78, 5) is 40.4. The van der Waals surface area contributed by atoms with Crippen molar-refractivity contribution in [2.24, 2.45) is 0 Å². The van der Waals surface area contributed by atoms with Gasteiger partial charge in [-0.25, -0.2) is 9.37 Å². The van der Waals surface area contributed by atoms with Gasteiger partial charge in [-0.15, -0.1) is 0 Å². The van der Waals surface area contributed by atoms with Gasteiger partial charge in [0.25, 0.3) is 11.8 Å². The molecule has 4 heterocycles. The first kappa shape index (κ1) is 23.9. The van der Waals surface area contributed by atoms with Crippen molar-refractivity contribution in [3.63, 3.8) is 0 Å². The molecule has 0 bridgehead atoms. The molecule has 0 spiro atoms. The summed E-state index contributed by atoms with van der Waals surface area (Å²) < 4.78 is 19.4. The Kier molecular flexibility index (Phi) is 7.18. The van der Waals surface area contributed by atoms with Gasteiger partial charge in [0, 0.05) is 56.5 Å². The molecule has 8 nitrogen and oxygen atoms in total. The van der Waals surface area contributed by atoms with E-state index in [0.29, 0.717) is 69.0 Å².